The number of para-hydroxylation sites is 2. The van der Waals surface area contributed by atoms with E-state index in [1.54, 1.807) is 0 Å². The molecule has 0 unspecified atom stereocenters. The molecular formula is C23H22N4O. The Morgan fingerprint density at radius 2 is 1.50 bits per heavy atom. The van der Waals surface area contributed by atoms with E-state index in [1.807, 2.05) is 29.2 Å². The summed E-state index contributed by atoms with van der Waals surface area (Å²) in [6, 6.07) is 18.4. The van der Waals surface area contributed by atoms with Crippen molar-refractivity contribution >= 4 is 23.1 Å². The highest BCUT2D eigenvalue weighted by Gasteiger charge is 2.26. The lowest BCUT2D eigenvalue weighted by Gasteiger charge is -2.31. The van der Waals surface area contributed by atoms with Crippen LogP contribution in [0.3, 0.4) is 0 Å². The van der Waals surface area contributed by atoms with Crippen molar-refractivity contribution in [2.24, 2.45) is 0 Å². The Morgan fingerprint density at radius 3 is 2.32 bits per heavy atom. The molecule has 0 bridgehead atoms. The highest BCUT2D eigenvalue weighted by atomic mass is 16.2. The van der Waals surface area contributed by atoms with Crippen molar-refractivity contribution in [2.75, 3.05) is 22.9 Å². The van der Waals surface area contributed by atoms with Crippen molar-refractivity contribution in [1.29, 1.82) is 0 Å². The van der Waals surface area contributed by atoms with Gasteiger partial charge in [0.1, 0.15) is 17.8 Å². The first kappa shape index (κ1) is 16.9. The van der Waals surface area contributed by atoms with Gasteiger partial charge in [0.2, 0.25) is 0 Å². The van der Waals surface area contributed by atoms with Gasteiger partial charge in [-0.25, -0.2) is 9.97 Å². The normalized spacial score (nSPS) is 15.7. The van der Waals surface area contributed by atoms with Gasteiger partial charge in [-0.2, -0.15) is 0 Å². The minimum absolute atomic E-state index is 0.0545. The molecule has 0 atom stereocenters. The molecule has 0 N–H and O–H groups in total. The number of benzene rings is 2. The van der Waals surface area contributed by atoms with Crippen LogP contribution < -0.4 is 9.80 Å². The minimum atomic E-state index is -0.0545. The van der Waals surface area contributed by atoms with E-state index in [0.717, 1.165) is 50.3 Å². The van der Waals surface area contributed by atoms with Gasteiger partial charge in [0.05, 0.1) is 0 Å². The van der Waals surface area contributed by atoms with Crippen LogP contribution >= 0.6 is 0 Å². The number of amides is 1. The van der Waals surface area contributed by atoms with E-state index in [2.05, 4.69) is 45.2 Å². The predicted molar refractivity (Wildman–Crippen MR) is 110 cm³/mol. The van der Waals surface area contributed by atoms with Gasteiger partial charge in [0.25, 0.3) is 5.91 Å². The number of aryl methyl sites for hydroxylation is 2. The summed E-state index contributed by atoms with van der Waals surface area (Å²) in [5.74, 6) is 0.733. The van der Waals surface area contributed by atoms with E-state index in [1.165, 1.54) is 23.1 Å². The lowest BCUT2D eigenvalue weighted by molar-refractivity contribution is 0.0980. The lowest BCUT2D eigenvalue weighted by atomic mass is 10.0. The quantitative estimate of drug-likeness (QED) is 0.680. The molecule has 0 saturated carbocycles. The molecular weight excluding hydrogens is 348 g/mol. The average molecular weight is 370 g/mol. The molecule has 0 saturated heterocycles. The number of rotatable bonds is 2. The number of hydrogen-bond acceptors (Lipinski definition) is 4. The fourth-order valence-corrected chi connectivity index (χ4v) is 4.27. The van der Waals surface area contributed by atoms with Crippen molar-refractivity contribution < 1.29 is 4.79 Å². The van der Waals surface area contributed by atoms with Crippen LogP contribution in [0.5, 0.6) is 0 Å². The molecule has 5 nitrogen and oxygen atoms in total. The predicted octanol–water partition coefficient (Wildman–Crippen LogP) is 4.15. The Labute approximate surface area is 164 Å². The molecule has 5 heteroatoms. The molecule has 0 spiro atoms. The summed E-state index contributed by atoms with van der Waals surface area (Å²) in [7, 11) is 0. The van der Waals surface area contributed by atoms with Crippen LogP contribution in [0.25, 0.3) is 0 Å². The van der Waals surface area contributed by atoms with Gasteiger partial charge in [-0.15, -0.1) is 0 Å². The molecule has 3 heterocycles. The molecule has 0 radical (unpaired) electrons. The number of hydrogen-bond donors (Lipinski definition) is 0. The SMILES string of the molecule is O=C(c1cc(N2CCCc3ccccc32)ncn1)N1CCCc2ccccc21. The molecule has 0 fully saturated rings. The number of aromatic nitrogens is 2. The number of fused-ring (bicyclic) bond motifs is 2. The van der Waals surface area contributed by atoms with E-state index >= 15 is 0 Å². The zero-order chi connectivity index (χ0) is 18.9. The first-order valence-corrected chi connectivity index (χ1v) is 9.88. The second-order valence-corrected chi connectivity index (χ2v) is 7.33. The monoisotopic (exact) mass is 370 g/mol. The van der Waals surface area contributed by atoms with Gasteiger partial charge in [-0.05, 0) is 48.9 Å². The van der Waals surface area contributed by atoms with E-state index in [4.69, 9.17) is 0 Å². The fourth-order valence-electron chi connectivity index (χ4n) is 4.27. The van der Waals surface area contributed by atoms with Crippen molar-refractivity contribution in [3.05, 3.63) is 77.7 Å². The van der Waals surface area contributed by atoms with Crippen LogP contribution in [0.4, 0.5) is 17.2 Å². The highest BCUT2D eigenvalue weighted by molar-refractivity contribution is 6.05. The minimum Gasteiger partial charge on any atom is -0.326 e. The molecule has 1 amide bonds. The maximum atomic E-state index is 13.3. The summed E-state index contributed by atoms with van der Waals surface area (Å²) in [5.41, 5.74) is 5.17. The van der Waals surface area contributed by atoms with Crippen LogP contribution in [0.1, 0.15) is 34.5 Å². The Balaban J connectivity index is 1.48. The van der Waals surface area contributed by atoms with Crippen molar-refractivity contribution in [1.82, 2.24) is 9.97 Å². The third-order valence-corrected chi connectivity index (χ3v) is 5.61. The van der Waals surface area contributed by atoms with Crippen molar-refractivity contribution in [2.45, 2.75) is 25.7 Å². The second kappa shape index (κ2) is 7.08. The molecule has 2 aliphatic rings. The Kier molecular flexibility index (Phi) is 4.28. The number of carbonyl (C=O) groups excluding carboxylic acids is 1. The van der Waals surface area contributed by atoms with Crippen LogP contribution in [-0.4, -0.2) is 29.0 Å². The summed E-state index contributed by atoms with van der Waals surface area (Å²) in [4.78, 5) is 26.1. The van der Waals surface area contributed by atoms with E-state index in [9.17, 15) is 4.79 Å². The molecule has 2 aromatic carbocycles. The largest absolute Gasteiger partial charge is 0.326 e. The molecule has 2 aliphatic heterocycles. The number of anilines is 3. The standard InChI is InChI=1S/C23H22N4O/c28-23(27-14-6-10-18-8-2-4-12-21(18)27)19-15-22(25-16-24-19)26-13-5-9-17-7-1-3-11-20(17)26/h1-4,7-8,11-12,15-16H,5-6,9-10,13-14H2. The molecule has 0 aliphatic carbocycles. The van der Waals surface area contributed by atoms with Crippen LogP contribution in [0.15, 0.2) is 60.9 Å². The van der Waals surface area contributed by atoms with Crippen molar-refractivity contribution in [3.63, 3.8) is 0 Å². The Hall–Kier alpha value is -3.21. The smallest absolute Gasteiger partial charge is 0.277 e. The number of nitrogens with zero attached hydrogens (tertiary/aromatic N) is 4. The van der Waals surface area contributed by atoms with E-state index in [0.29, 0.717) is 5.69 Å². The summed E-state index contributed by atoms with van der Waals surface area (Å²) in [5, 5.41) is 0. The zero-order valence-electron chi connectivity index (χ0n) is 15.7. The molecule has 140 valence electrons. The zero-order valence-corrected chi connectivity index (χ0v) is 15.7. The van der Waals surface area contributed by atoms with Crippen LogP contribution in [-0.2, 0) is 12.8 Å². The molecule has 3 aromatic rings. The summed E-state index contributed by atoms with van der Waals surface area (Å²) < 4.78 is 0. The highest BCUT2D eigenvalue weighted by Crippen LogP contribution is 2.33. The second-order valence-electron chi connectivity index (χ2n) is 7.33. The summed E-state index contributed by atoms with van der Waals surface area (Å²) in [6.45, 7) is 1.62. The average Bonchev–Trinajstić information content (AvgIpc) is 2.78. The third kappa shape index (κ3) is 2.93. The van der Waals surface area contributed by atoms with Crippen LogP contribution in [0, 0.1) is 0 Å². The van der Waals surface area contributed by atoms with Gasteiger partial charge in [-0.1, -0.05) is 36.4 Å². The van der Waals surface area contributed by atoms with Gasteiger partial charge < -0.3 is 9.80 Å². The first-order chi connectivity index (χ1) is 13.8. The number of carbonyl (C=O) groups is 1. The Morgan fingerprint density at radius 1 is 0.821 bits per heavy atom. The van der Waals surface area contributed by atoms with Gasteiger partial charge in [-0.3, -0.25) is 4.79 Å². The topological polar surface area (TPSA) is 49.3 Å². The van der Waals surface area contributed by atoms with E-state index < -0.39 is 0 Å². The molecule has 28 heavy (non-hydrogen) atoms. The lowest BCUT2D eigenvalue weighted by Crippen LogP contribution is -2.36. The van der Waals surface area contributed by atoms with Crippen molar-refractivity contribution in [3.8, 4) is 0 Å². The van der Waals surface area contributed by atoms with Crippen LogP contribution in [0.2, 0.25) is 0 Å². The van der Waals surface area contributed by atoms with Gasteiger partial charge >= 0.3 is 0 Å². The van der Waals surface area contributed by atoms with Gasteiger partial charge in [0.15, 0.2) is 0 Å². The van der Waals surface area contributed by atoms with Gasteiger partial charge in [0, 0.05) is 30.5 Å². The third-order valence-electron chi connectivity index (χ3n) is 5.61. The maximum absolute atomic E-state index is 13.3. The Bertz CT molecular complexity index is 1030. The maximum Gasteiger partial charge on any atom is 0.277 e. The van der Waals surface area contributed by atoms with E-state index in [-0.39, 0.29) is 5.91 Å². The fraction of sp³-hybridized carbons (Fsp3) is 0.261. The molecule has 5 rings (SSSR count). The first-order valence-electron chi connectivity index (χ1n) is 9.88. The summed E-state index contributed by atoms with van der Waals surface area (Å²) in [6.07, 6.45) is 5.65. The molecule has 1 aromatic heterocycles. The summed E-state index contributed by atoms with van der Waals surface area (Å²) >= 11 is 0.